The average Bonchev–Trinajstić information content (AvgIpc) is 3.24. The van der Waals surface area contributed by atoms with Crippen molar-refractivity contribution in [1.29, 1.82) is 0 Å². The summed E-state index contributed by atoms with van der Waals surface area (Å²) < 4.78 is 19.7. The molecule has 4 rings (SSSR count). The number of ether oxygens (including phenoxy) is 1. The molecule has 2 aromatic rings. The van der Waals surface area contributed by atoms with E-state index in [1.54, 1.807) is 12.1 Å². The Kier molecular flexibility index (Phi) is 9.91. The van der Waals surface area contributed by atoms with E-state index in [0.29, 0.717) is 36.3 Å². The number of aliphatic carboxylic acids is 1. The third-order valence-electron chi connectivity index (χ3n) is 8.61. The number of aliphatic imine (C=N–C) groups is 1. The van der Waals surface area contributed by atoms with Gasteiger partial charge in [-0.3, -0.25) is 19.4 Å². The van der Waals surface area contributed by atoms with Gasteiger partial charge in [0.05, 0.1) is 19.6 Å². The molecule has 1 saturated carbocycles. The van der Waals surface area contributed by atoms with Crippen LogP contribution in [0.1, 0.15) is 100 Å². The van der Waals surface area contributed by atoms with E-state index in [4.69, 9.17) is 14.8 Å². The number of methoxy groups -OCH3 is 1. The van der Waals surface area contributed by atoms with E-state index in [1.807, 2.05) is 24.0 Å². The first-order valence-corrected chi connectivity index (χ1v) is 15.1. The van der Waals surface area contributed by atoms with Crippen molar-refractivity contribution in [3.05, 3.63) is 71.2 Å². The van der Waals surface area contributed by atoms with Crippen molar-refractivity contribution >= 4 is 23.5 Å². The summed E-state index contributed by atoms with van der Waals surface area (Å²) in [6, 6.07) is 8.00. The van der Waals surface area contributed by atoms with Gasteiger partial charge in [0.2, 0.25) is 5.88 Å². The Morgan fingerprint density at radius 3 is 2.43 bits per heavy atom. The largest absolute Gasteiger partial charge is 0.481 e. The molecular formula is C34H43FN4O5. The molecule has 9 nitrogen and oxygen atoms in total. The number of allylic oxidation sites excluding steroid dienone is 1. The maximum Gasteiger partial charge on any atom is 0.305 e. The highest BCUT2D eigenvalue weighted by molar-refractivity contribution is 6.46. The van der Waals surface area contributed by atoms with E-state index < -0.39 is 17.4 Å². The minimum Gasteiger partial charge on any atom is -0.481 e. The Morgan fingerprint density at radius 2 is 1.89 bits per heavy atom. The second kappa shape index (κ2) is 13.3. The molecule has 1 spiro atoms. The Labute approximate surface area is 258 Å². The van der Waals surface area contributed by atoms with Gasteiger partial charge in [-0.25, -0.2) is 9.37 Å². The predicted octanol–water partition coefficient (Wildman–Crippen LogP) is 6.10. The van der Waals surface area contributed by atoms with Crippen molar-refractivity contribution in [2.45, 2.75) is 84.3 Å². The number of carbonyl (C=O) groups is 3. The summed E-state index contributed by atoms with van der Waals surface area (Å²) in [5.41, 5.74) is 2.04. The third-order valence-corrected chi connectivity index (χ3v) is 8.61. The van der Waals surface area contributed by atoms with Crippen LogP contribution in [0.2, 0.25) is 0 Å². The van der Waals surface area contributed by atoms with Crippen LogP contribution in [0.15, 0.2) is 53.7 Å². The van der Waals surface area contributed by atoms with Crippen LogP contribution in [0, 0.1) is 17.2 Å². The fourth-order valence-corrected chi connectivity index (χ4v) is 6.12. The molecule has 2 heterocycles. The molecule has 2 N–H and O–H groups in total. The van der Waals surface area contributed by atoms with Crippen LogP contribution in [0.25, 0.3) is 0 Å². The van der Waals surface area contributed by atoms with Gasteiger partial charge in [0.15, 0.2) is 5.82 Å². The smallest absolute Gasteiger partial charge is 0.305 e. The first-order chi connectivity index (χ1) is 20.7. The molecule has 0 radical (unpaired) electrons. The lowest BCUT2D eigenvalue weighted by molar-refractivity contribution is -0.137. The second-order valence-corrected chi connectivity index (χ2v) is 13.1. The molecule has 0 bridgehead atoms. The highest BCUT2D eigenvalue weighted by Gasteiger charge is 2.52. The Morgan fingerprint density at radius 1 is 1.23 bits per heavy atom. The van der Waals surface area contributed by atoms with Crippen molar-refractivity contribution in [2.75, 3.05) is 13.7 Å². The summed E-state index contributed by atoms with van der Waals surface area (Å²) in [5.74, 6) is -2.11. The fraction of sp³-hybridized carbons (Fsp3) is 0.500. The summed E-state index contributed by atoms with van der Waals surface area (Å²) in [4.78, 5) is 49.0. The zero-order valence-electron chi connectivity index (χ0n) is 26.3. The highest BCUT2D eigenvalue weighted by atomic mass is 19.1. The topological polar surface area (TPSA) is 121 Å². The van der Waals surface area contributed by atoms with Crippen molar-refractivity contribution in [1.82, 2.24) is 15.2 Å². The average molecular weight is 607 g/mol. The molecule has 1 aromatic carbocycles. The molecule has 1 aliphatic heterocycles. The minimum atomic E-state index is -0.987. The van der Waals surface area contributed by atoms with E-state index in [0.717, 1.165) is 30.4 Å². The van der Waals surface area contributed by atoms with Gasteiger partial charge in [0.1, 0.15) is 11.4 Å². The first-order valence-electron chi connectivity index (χ1n) is 15.1. The van der Waals surface area contributed by atoms with Crippen LogP contribution in [0.3, 0.4) is 0 Å². The van der Waals surface area contributed by atoms with Gasteiger partial charge in [-0.1, -0.05) is 45.1 Å². The van der Waals surface area contributed by atoms with Gasteiger partial charge in [-0.15, -0.1) is 0 Å². The lowest BCUT2D eigenvalue weighted by Gasteiger charge is -2.46. The van der Waals surface area contributed by atoms with Crippen LogP contribution in [-0.2, 0) is 9.59 Å². The molecule has 1 aliphatic carbocycles. The van der Waals surface area contributed by atoms with Crippen molar-refractivity contribution in [2.24, 2.45) is 16.3 Å². The number of aromatic nitrogens is 1. The van der Waals surface area contributed by atoms with E-state index in [9.17, 15) is 18.8 Å². The van der Waals surface area contributed by atoms with Crippen molar-refractivity contribution in [3.63, 3.8) is 0 Å². The molecule has 44 heavy (non-hydrogen) atoms. The molecule has 0 saturated heterocycles. The van der Waals surface area contributed by atoms with Crippen LogP contribution in [0.5, 0.6) is 5.88 Å². The second-order valence-electron chi connectivity index (χ2n) is 13.1. The molecule has 236 valence electrons. The van der Waals surface area contributed by atoms with E-state index in [-0.39, 0.29) is 47.8 Å². The number of carboxylic acid groups (broad SMARTS) is 1. The number of rotatable bonds is 11. The van der Waals surface area contributed by atoms with Gasteiger partial charge < -0.3 is 20.1 Å². The Balaban J connectivity index is 1.74. The standard InChI is InChI=1S/C34H43FN4O5/c1-21(2)22-11-16-34(17-12-22)38-29(25-19-26(35)31(44-6)37-20-25)32(43)39(34)27(13-15-33(3,4)5)23-7-9-24(10-8-23)30(42)36-18-14-28(40)41/h7-10,19-20,22,27H,1,11-18H2,2-6H3,(H,36,42)(H,40,41)/t22?,27-,34?/m1/s1. The molecule has 1 atom stereocenters. The number of amides is 2. The number of halogens is 1. The molecule has 2 amide bonds. The molecule has 10 heteroatoms. The van der Waals surface area contributed by atoms with Gasteiger partial charge in [-0.2, -0.15) is 0 Å². The number of carboxylic acids is 1. The number of pyridine rings is 1. The van der Waals surface area contributed by atoms with Gasteiger partial charge in [-0.05, 0) is 80.5 Å². The van der Waals surface area contributed by atoms with Crippen molar-refractivity contribution in [3.8, 4) is 5.88 Å². The van der Waals surface area contributed by atoms with E-state index >= 15 is 0 Å². The quantitative estimate of drug-likeness (QED) is 0.299. The summed E-state index contributed by atoms with van der Waals surface area (Å²) in [5, 5.41) is 11.5. The zero-order valence-corrected chi connectivity index (χ0v) is 26.3. The highest BCUT2D eigenvalue weighted by Crippen LogP contribution is 2.48. The summed E-state index contributed by atoms with van der Waals surface area (Å²) >= 11 is 0. The van der Waals surface area contributed by atoms with Crippen molar-refractivity contribution < 1.29 is 28.6 Å². The number of nitrogens with one attached hydrogen (secondary N) is 1. The lowest BCUT2D eigenvalue weighted by atomic mass is 9.77. The molecule has 0 unspecified atom stereocenters. The summed E-state index contributed by atoms with van der Waals surface area (Å²) in [6.07, 6.45) is 5.67. The van der Waals surface area contributed by atoms with Gasteiger partial charge >= 0.3 is 5.97 Å². The normalized spacial score (nSPS) is 20.8. The third kappa shape index (κ3) is 7.34. The van der Waals surface area contributed by atoms with Crippen LogP contribution in [0.4, 0.5) is 4.39 Å². The maximum absolute atomic E-state index is 14.8. The number of hydrogen-bond acceptors (Lipinski definition) is 6. The number of benzene rings is 1. The monoisotopic (exact) mass is 606 g/mol. The summed E-state index contributed by atoms with van der Waals surface area (Å²) in [6.45, 7) is 12.7. The summed E-state index contributed by atoms with van der Waals surface area (Å²) in [7, 11) is 1.34. The van der Waals surface area contributed by atoms with E-state index in [2.05, 4.69) is 37.7 Å². The molecular weight excluding hydrogens is 563 g/mol. The van der Waals surface area contributed by atoms with Crippen LogP contribution >= 0.6 is 0 Å². The molecule has 2 aliphatic rings. The van der Waals surface area contributed by atoms with Crippen LogP contribution in [-0.4, -0.2) is 57.8 Å². The van der Waals surface area contributed by atoms with Gasteiger partial charge in [0, 0.05) is 23.9 Å². The maximum atomic E-state index is 14.8. The molecule has 1 fully saturated rings. The van der Waals surface area contributed by atoms with Gasteiger partial charge in [0.25, 0.3) is 11.8 Å². The van der Waals surface area contributed by atoms with Crippen LogP contribution < -0.4 is 10.1 Å². The Bertz CT molecular complexity index is 1440. The number of nitrogens with zero attached hydrogens (tertiary/aromatic N) is 3. The SMILES string of the molecule is C=C(C)C1CCC2(CC1)N=C(c1cnc(OC)c(F)c1)C(=O)N2[C@H](CCC(C)(C)C)c1ccc(C(=O)NCCC(=O)O)cc1. The minimum absolute atomic E-state index is 0.0114. The zero-order chi connectivity index (χ0) is 32.2. The number of carbonyl (C=O) groups excluding carboxylic acids is 2. The molecule has 1 aromatic heterocycles. The number of hydrogen-bond donors (Lipinski definition) is 2. The Hall–Kier alpha value is -4.08. The fourth-order valence-electron chi connectivity index (χ4n) is 6.12. The predicted molar refractivity (Wildman–Crippen MR) is 166 cm³/mol. The lowest BCUT2D eigenvalue weighted by Crippen LogP contribution is -2.51. The van der Waals surface area contributed by atoms with E-state index in [1.165, 1.54) is 19.4 Å². The first kappa shape index (κ1) is 32.8.